The fourth-order valence-corrected chi connectivity index (χ4v) is 6.74. The van der Waals surface area contributed by atoms with Gasteiger partial charge in [-0.15, -0.1) is 0 Å². The number of hydrogen-bond donors (Lipinski definition) is 0. The van der Waals surface area contributed by atoms with Crippen molar-refractivity contribution < 1.29 is 4.79 Å². The molecule has 4 aliphatic carbocycles. The highest BCUT2D eigenvalue weighted by atomic mass is 16.1. The number of fused-ring (bicyclic) bond motifs is 5. The Balaban J connectivity index is 1.75. The Labute approximate surface area is 139 Å². The Morgan fingerprint density at radius 2 is 2.09 bits per heavy atom. The van der Waals surface area contributed by atoms with Crippen LogP contribution in [0.25, 0.3) is 0 Å². The maximum Gasteiger partial charge on any atom is 0.138 e. The topological polar surface area (TPSA) is 40.9 Å². The van der Waals surface area contributed by atoms with E-state index in [0.717, 1.165) is 6.42 Å². The van der Waals surface area contributed by atoms with Crippen LogP contribution in [0.5, 0.6) is 0 Å². The zero-order valence-electron chi connectivity index (χ0n) is 14.4. The van der Waals surface area contributed by atoms with E-state index in [1.165, 1.54) is 44.1 Å². The van der Waals surface area contributed by atoms with Crippen LogP contribution < -0.4 is 0 Å². The summed E-state index contributed by atoms with van der Waals surface area (Å²) in [6.45, 7) is 4.63. The molecule has 0 N–H and O–H groups in total. The molecular weight excluding hydrogens is 282 g/mol. The van der Waals surface area contributed by atoms with Gasteiger partial charge in [-0.3, -0.25) is 4.79 Å². The molecule has 4 rings (SSSR count). The normalized spacial score (nSPS) is 47.3. The van der Waals surface area contributed by atoms with Gasteiger partial charge in [0.15, 0.2) is 0 Å². The average Bonchev–Trinajstić information content (AvgIpc) is 2.83. The van der Waals surface area contributed by atoms with Crippen LogP contribution in [0.1, 0.15) is 65.2 Å². The van der Waals surface area contributed by atoms with E-state index in [9.17, 15) is 4.79 Å². The maximum absolute atomic E-state index is 13.2. The smallest absolute Gasteiger partial charge is 0.138 e. The molecule has 0 saturated heterocycles. The number of allylic oxidation sites excluding steroid dienone is 4. The zero-order chi connectivity index (χ0) is 16.2. The van der Waals surface area contributed by atoms with Gasteiger partial charge in [0.25, 0.3) is 0 Å². The first-order chi connectivity index (χ1) is 11.0. The van der Waals surface area contributed by atoms with Gasteiger partial charge < -0.3 is 0 Å². The Kier molecular flexibility index (Phi) is 3.34. The van der Waals surface area contributed by atoms with E-state index in [2.05, 4.69) is 26.0 Å². The van der Waals surface area contributed by atoms with Crippen molar-refractivity contribution in [1.29, 1.82) is 5.26 Å². The van der Waals surface area contributed by atoms with Crippen molar-refractivity contribution in [1.82, 2.24) is 0 Å². The van der Waals surface area contributed by atoms with Crippen molar-refractivity contribution in [2.24, 2.45) is 28.6 Å². The van der Waals surface area contributed by atoms with Crippen LogP contribution in [0.4, 0.5) is 0 Å². The van der Waals surface area contributed by atoms with Crippen molar-refractivity contribution in [2.45, 2.75) is 65.2 Å². The molecule has 2 nitrogen and oxygen atoms in total. The summed E-state index contributed by atoms with van der Waals surface area (Å²) in [6.07, 6.45) is 13.0. The summed E-state index contributed by atoms with van der Waals surface area (Å²) in [5.74, 6) is 1.85. The van der Waals surface area contributed by atoms with Gasteiger partial charge in [0.05, 0.1) is 6.07 Å². The minimum atomic E-state index is -0.0414. The van der Waals surface area contributed by atoms with Crippen LogP contribution in [0.3, 0.4) is 0 Å². The van der Waals surface area contributed by atoms with Crippen molar-refractivity contribution >= 4 is 5.78 Å². The monoisotopic (exact) mass is 309 g/mol. The Hall–Kier alpha value is -1.36. The minimum absolute atomic E-state index is 0.0414. The van der Waals surface area contributed by atoms with Crippen LogP contribution in [-0.4, -0.2) is 5.78 Å². The first kappa shape index (κ1) is 15.2. The lowest BCUT2D eigenvalue weighted by Crippen LogP contribution is -2.53. The number of nitriles is 1. The Morgan fingerprint density at radius 1 is 1.26 bits per heavy atom. The predicted molar refractivity (Wildman–Crippen MR) is 90.4 cm³/mol. The number of hydrogen-bond acceptors (Lipinski definition) is 2. The number of carbonyl (C=O) groups is 1. The molecule has 0 bridgehead atoms. The van der Waals surface area contributed by atoms with Gasteiger partial charge in [-0.1, -0.05) is 31.1 Å². The van der Waals surface area contributed by atoms with Gasteiger partial charge in [0.1, 0.15) is 5.78 Å². The Morgan fingerprint density at radius 3 is 2.87 bits per heavy atom. The summed E-state index contributed by atoms with van der Waals surface area (Å²) in [4.78, 5) is 13.2. The molecule has 0 aromatic carbocycles. The second kappa shape index (κ2) is 5.07. The number of carbonyl (C=O) groups excluding carboxylic acids is 1. The third-order valence-corrected chi connectivity index (χ3v) is 7.81. The molecule has 0 aromatic heterocycles. The van der Waals surface area contributed by atoms with Gasteiger partial charge in [-0.2, -0.15) is 5.26 Å². The lowest BCUT2D eigenvalue weighted by molar-refractivity contribution is -0.141. The number of ketones is 1. The zero-order valence-corrected chi connectivity index (χ0v) is 14.4. The fourth-order valence-electron chi connectivity index (χ4n) is 6.74. The fraction of sp³-hybridized carbons (Fsp3) is 0.714. The van der Waals surface area contributed by atoms with E-state index in [-0.39, 0.29) is 16.7 Å². The molecule has 3 saturated carbocycles. The molecule has 0 spiro atoms. The predicted octanol–water partition coefficient (Wildman–Crippen LogP) is 4.97. The minimum Gasteiger partial charge on any atom is -0.299 e. The third-order valence-electron chi connectivity index (χ3n) is 7.81. The lowest BCUT2D eigenvalue weighted by Gasteiger charge is -2.56. The van der Waals surface area contributed by atoms with Crippen LogP contribution in [0, 0.1) is 39.9 Å². The largest absolute Gasteiger partial charge is 0.299 e. The first-order valence-electron chi connectivity index (χ1n) is 9.32. The second-order valence-electron chi connectivity index (χ2n) is 8.72. The maximum atomic E-state index is 13.2. The van der Waals surface area contributed by atoms with Crippen molar-refractivity contribution in [3.8, 4) is 6.07 Å². The van der Waals surface area contributed by atoms with Crippen LogP contribution >= 0.6 is 0 Å². The SMILES string of the molecule is CC12CCCC=C1CCC1C2C(=O)CC2(C)/C(=C\C#N)CCC12. The van der Waals surface area contributed by atoms with Gasteiger partial charge >= 0.3 is 0 Å². The van der Waals surface area contributed by atoms with Crippen molar-refractivity contribution in [2.75, 3.05) is 0 Å². The highest BCUT2D eigenvalue weighted by Gasteiger charge is 2.60. The molecule has 5 unspecified atom stereocenters. The summed E-state index contributed by atoms with van der Waals surface area (Å²) in [6, 6.07) is 2.23. The van der Waals surface area contributed by atoms with Gasteiger partial charge in [0, 0.05) is 18.4 Å². The summed E-state index contributed by atoms with van der Waals surface area (Å²) in [5, 5.41) is 9.11. The van der Waals surface area contributed by atoms with E-state index in [1.54, 1.807) is 11.6 Å². The molecule has 4 aliphatic rings. The summed E-state index contributed by atoms with van der Waals surface area (Å²) in [7, 11) is 0. The molecule has 122 valence electrons. The average molecular weight is 309 g/mol. The molecule has 0 heterocycles. The molecule has 3 fully saturated rings. The van der Waals surface area contributed by atoms with Gasteiger partial charge in [0.2, 0.25) is 0 Å². The highest BCUT2D eigenvalue weighted by Crippen LogP contribution is 2.65. The van der Waals surface area contributed by atoms with Crippen LogP contribution in [0.2, 0.25) is 0 Å². The van der Waals surface area contributed by atoms with E-state index in [0.29, 0.717) is 24.0 Å². The van der Waals surface area contributed by atoms with Crippen molar-refractivity contribution in [3.05, 3.63) is 23.3 Å². The summed E-state index contributed by atoms with van der Waals surface area (Å²) < 4.78 is 0. The van der Waals surface area contributed by atoms with Crippen LogP contribution in [0.15, 0.2) is 23.3 Å². The highest BCUT2D eigenvalue weighted by molar-refractivity contribution is 5.85. The lowest BCUT2D eigenvalue weighted by atomic mass is 9.47. The molecule has 0 radical (unpaired) electrons. The number of Topliss-reactive ketones (excluding diaryl/α,β-unsaturated/α-hetero) is 1. The quantitative estimate of drug-likeness (QED) is 0.468. The standard InChI is InChI=1S/C21H27NO/c1-20-11-4-3-5-14(20)6-8-16-17-9-7-15(10-12-22)21(17,2)13-18(23)19(16)20/h5,10,16-17,19H,3-4,6-9,11,13H2,1-2H3/b15-10-. The second-order valence-corrected chi connectivity index (χ2v) is 8.72. The molecule has 2 heteroatoms. The van der Waals surface area contributed by atoms with Gasteiger partial charge in [-0.25, -0.2) is 0 Å². The van der Waals surface area contributed by atoms with E-state index in [4.69, 9.17) is 5.26 Å². The number of rotatable bonds is 0. The molecular formula is C21H27NO. The van der Waals surface area contributed by atoms with E-state index >= 15 is 0 Å². The third kappa shape index (κ3) is 1.95. The van der Waals surface area contributed by atoms with Crippen molar-refractivity contribution in [3.63, 3.8) is 0 Å². The van der Waals surface area contributed by atoms with E-state index < -0.39 is 0 Å². The summed E-state index contributed by atoms with van der Waals surface area (Å²) >= 11 is 0. The number of nitrogens with zero attached hydrogens (tertiary/aromatic N) is 1. The van der Waals surface area contributed by atoms with Crippen LogP contribution in [-0.2, 0) is 4.79 Å². The molecule has 0 amide bonds. The molecule has 0 aromatic rings. The first-order valence-corrected chi connectivity index (χ1v) is 9.32. The Bertz CT molecular complexity index is 651. The molecule has 23 heavy (non-hydrogen) atoms. The van der Waals surface area contributed by atoms with E-state index in [1.807, 2.05) is 0 Å². The molecule has 5 atom stereocenters. The molecule has 0 aliphatic heterocycles. The summed E-state index contributed by atoms with van der Waals surface area (Å²) in [5.41, 5.74) is 2.90. The van der Waals surface area contributed by atoms with Gasteiger partial charge in [-0.05, 0) is 67.6 Å².